The Balaban J connectivity index is 1.55. The van der Waals surface area contributed by atoms with Crippen LogP contribution < -0.4 is 9.47 Å². The molecule has 5 nitrogen and oxygen atoms in total. The largest absolute Gasteiger partial charge is 0.492 e. The summed E-state index contributed by atoms with van der Waals surface area (Å²) in [5, 5.41) is 10.0. The number of hydrogen-bond donors (Lipinski definition) is 0. The Morgan fingerprint density at radius 3 is 2.42 bits per heavy atom. The van der Waals surface area contributed by atoms with Crippen LogP contribution in [0.4, 0.5) is 0 Å². The molecular formula is C39H49N3O2S. The number of nitrogens with zero attached hydrogens (tertiary/aromatic N) is 3. The monoisotopic (exact) mass is 623 g/mol. The van der Waals surface area contributed by atoms with Gasteiger partial charge in [-0.05, 0) is 79.7 Å². The molecule has 0 saturated carbocycles. The van der Waals surface area contributed by atoms with E-state index in [-0.39, 0.29) is 10.8 Å². The van der Waals surface area contributed by atoms with E-state index in [1.165, 1.54) is 24.1 Å². The zero-order valence-electron chi connectivity index (χ0n) is 27.9. The number of nitriles is 1. The van der Waals surface area contributed by atoms with Crippen molar-refractivity contribution in [1.29, 1.82) is 5.26 Å². The average Bonchev–Trinajstić information content (AvgIpc) is 3.08. The molecule has 2 aliphatic heterocycles. The Kier molecular flexibility index (Phi) is 11.8. The van der Waals surface area contributed by atoms with Gasteiger partial charge in [0.05, 0.1) is 17.9 Å². The van der Waals surface area contributed by atoms with Gasteiger partial charge in [0.2, 0.25) is 0 Å². The predicted octanol–water partition coefficient (Wildman–Crippen LogP) is 9.20. The molecule has 238 valence electrons. The van der Waals surface area contributed by atoms with Gasteiger partial charge in [-0.2, -0.15) is 5.26 Å². The molecular weight excluding hydrogens is 575 g/mol. The van der Waals surface area contributed by atoms with Gasteiger partial charge >= 0.3 is 0 Å². The molecule has 0 aliphatic carbocycles. The maximum atomic E-state index is 9.90. The van der Waals surface area contributed by atoms with Crippen molar-refractivity contribution >= 4 is 24.1 Å². The molecule has 0 radical (unpaired) electrons. The number of dihydropyridines is 1. The van der Waals surface area contributed by atoms with E-state index in [1.807, 2.05) is 24.4 Å². The van der Waals surface area contributed by atoms with E-state index in [4.69, 9.17) is 14.5 Å². The summed E-state index contributed by atoms with van der Waals surface area (Å²) in [4.78, 5) is 7.43. The number of allylic oxidation sites excluding steroid dienone is 2. The minimum absolute atomic E-state index is 0.107. The first-order valence-corrected chi connectivity index (χ1v) is 17.4. The molecule has 2 aromatic carbocycles. The molecule has 0 amide bonds. The van der Waals surface area contributed by atoms with Crippen molar-refractivity contribution < 1.29 is 9.47 Å². The van der Waals surface area contributed by atoms with Gasteiger partial charge in [-0.1, -0.05) is 64.6 Å². The second-order valence-corrected chi connectivity index (χ2v) is 13.4. The lowest BCUT2D eigenvalue weighted by atomic mass is 9.77. The molecule has 0 bridgehead atoms. The molecule has 2 heterocycles. The van der Waals surface area contributed by atoms with Crippen LogP contribution in [0.15, 0.2) is 83.5 Å². The second kappa shape index (κ2) is 15.5. The van der Waals surface area contributed by atoms with E-state index in [2.05, 4.69) is 95.4 Å². The Hall–Kier alpha value is -3.69. The predicted molar refractivity (Wildman–Crippen MR) is 191 cm³/mol. The number of piperidine rings is 1. The SMILES string of the molecule is C=Cc1cc(C(C)(C)c2ccc(OCC3=C(N4CCC(C(C)C=C)CC4)/C(=C/C)C(SC)N=C3)cc2)cc(C#N)c1OCCC. The lowest BCUT2D eigenvalue weighted by molar-refractivity contribution is 0.200. The molecule has 1 fully saturated rings. The standard InChI is InChI=1S/C39H49N3O2S/c1-9-21-43-37-28(11-3)22-33(23-30(37)24-40)39(6,7)32-13-15-34(16-14-32)44-26-31-25-41-38(45-8)35(12-4)36(31)42-19-17-29(18-20-42)27(5)10-2/h10-16,22-23,25,27,29,38H,2-3,9,17-21,26H2,1,4-8H3/b35-12-. The molecule has 6 heteroatoms. The van der Waals surface area contributed by atoms with Crippen LogP contribution in [-0.4, -0.2) is 49.0 Å². The van der Waals surface area contributed by atoms with Gasteiger partial charge in [-0.3, -0.25) is 4.99 Å². The minimum Gasteiger partial charge on any atom is -0.492 e. The van der Waals surface area contributed by atoms with Crippen LogP contribution in [0.5, 0.6) is 11.5 Å². The highest BCUT2D eigenvalue weighted by Gasteiger charge is 2.31. The molecule has 45 heavy (non-hydrogen) atoms. The summed E-state index contributed by atoms with van der Waals surface area (Å²) < 4.78 is 12.3. The van der Waals surface area contributed by atoms with E-state index in [1.54, 1.807) is 17.8 Å². The van der Waals surface area contributed by atoms with Crippen molar-refractivity contribution in [2.24, 2.45) is 16.8 Å². The molecule has 2 aromatic rings. The fourth-order valence-electron chi connectivity index (χ4n) is 6.31. The lowest BCUT2D eigenvalue weighted by Gasteiger charge is -2.40. The minimum atomic E-state index is -0.347. The van der Waals surface area contributed by atoms with Gasteiger partial charge in [0.15, 0.2) is 0 Å². The quantitative estimate of drug-likeness (QED) is 0.208. The van der Waals surface area contributed by atoms with Crippen LogP contribution >= 0.6 is 11.8 Å². The first kappa shape index (κ1) is 34.2. The Bertz CT molecular complexity index is 1490. The summed E-state index contributed by atoms with van der Waals surface area (Å²) in [5.41, 5.74) is 6.88. The van der Waals surface area contributed by atoms with E-state index in [9.17, 15) is 5.26 Å². The molecule has 0 aromatic heterocycles. The second-order valence-electron chi connectivity index (χ2n) is 12.4. The summed E-state index contributed by atoms with van der Waals surface area (Å²) in [6.45, 7) is 21.9. The van der Waals surface area contributed by atoms with Crippen molar-refractivity contribution in [2.75, 3.05) is 32.6 Å². The molecule has 2 atom stereocenters. The van der Waals surface area contributed by atoms with E-state index in [0.717, 1.165) is 47.5 Å². The van der Waals surface area contributed by atoms with Gasteiger partial charge in [0.1, 0.15) is 29.5 Å². The number of benzene rings is 2. The summed E-state index contributed by atoms with van der Waals surface area (Å²) in [5.74, 6) is 2.65. The Labute approximate surface area is 275 Å². The average molecular weight is 624 g/mol. The summed E-state index contributed by atoms with van der Waals surface area (Å²) in [7, 11) is 0. The van der Waals surface area contributed by atoms with E-state index >= 15 is 0 Å². The van der Waals surface area contributed by atoms with Crippen LogP contribution in [0.25, 0.3) is 6.08 Å². The van der Waals surface area contributed by atoms with Crippen LogP contribution in [0.3, 0.4) is 0 Å². The van der Waals surface area contributed by atoms with Gasteiger partial charge in [0, 0.05) is 41.4 Å². The van der Waals surface area contributed by atoms with Crippen LogP contribution in [0.1, 0.15) is 76.1 Å². The number of ether oxygens (including phenoxy) is 2. The molecule has 2 unspecified atom stereocenters. The molecule has 4 rings (SSSR count). The zero-order chi connectivity index (χ0) is 32.6. The van der Waals surface area contributed by atoms with E-state index in [0.29, 0.717) is 36.4 Å². The first-order valence-electron chi connectivity index (χ1n) is 16.1. The number of rotatable bonds is 13. The fraction of sp³-hybridized carbons (Fsp3) is 0.436. The van der Waals surface area contributed by atoms with Gasteiger partial charge in [0.25, 0.3) is 0 Å². The smallest absolute Gasteiger partial charge is 0.144 e. The topological polar surface area (TPSA) is 57.8 Å². The Morgan fingerprint density at radius 1 is 1.13 bits per heavy atom. The van der Waals surface area contributed by atoms with Crippen LogP contribution in [-0.2, 0) is 5.41 Å². The first-order chi connectivity index (χ1) is 21.7. The zero-order valence-corrected chi connectivity index (χ0v) is 28.8. The van der Waals surface area contributed by atoms with Gasteiger partial charge in [-0.15, -0.1) is 18.3 Å². The van der Waals surface area contributed by atoms with Crippen molar-refractivity contribution in [3.8, 4) is 17.6 Å². The summed E-state index contributed by atoms with van der Waals surface area (Å²) in [6.07, 6.45) is 13.4. The maximum absolute atomic E-state index is 9.90. The number of likely N-dealkylation sites (tertiary alicyclic amines) is 1. The molecule has 0 N–H and O–H groups in total. The normalized spacial score (nSPS) is 18.9. The highest BCUT2D eigenvalue weighted by Crippen LogP contribution is 2.38. The van der Waals surface area contributed by atoms with Gasteiger partial charge < -0.3 is 14.4 Å². The number of hydrogen-bond acceptors (Lipinski definition) is 6. The summed E-state index contributed by atoms with van der Waals surface area (Å²) in [6, 6.07) is 14.7. The van der Waals surface area contributed by atoms with Crippen molar-refractivity contribution in [3.05, 3.63) is 101 Å². The fourth-order valence-corrected chi connectivity index (χ4v) is 6.99. The molecule has 0 spiro atoms. The Morgan fingerprint density at radius 2 is 1.84 bits per heavy atom. The third-order valence-corrected chi connectivity index (χ3v) is 10.1. The maximum Gasteiger partial charge on any atom is 0.144 e. The molecule has 2 aliphatic rings. The van der Waals surface area contributed by atoms with Gasteiger partial charge in [-0.25, -0.2) is 0 Å². The van der Waals surface area contributed by atoms with Crippen molar-refractivity contribution in [1.82, 2.24) is 4.90 Å². The highest BCUT2D eigenvalue weighted by atomic mass is 32.2. The van der Waals surface area contributed by atoms with Crippen molar-refractivity contribution in [3.63, 3.8) is 0 Å². The molecule has 1 saturated heterocycles. The summed E-state index contributed by atoms with van der Waals surface area (Å²) >= 11 is 1.77. The van der Waals surface area contributed by atoms with Crippen LogP contribution in [0.2, 0.25) is 0 Å². The lowest BCUT2D eigenvalue weighted by Crippen LogP contribution is -2.38. The number of thioether (sulfide) groups is 1. The van der Waals surface area contributed by atoms with E-state index < -0.39 is 0 Å². The van der Waals surface area contributed by atoms with Crippen molar-refractivity contribution in [2.45, 2.75) is 64.7 Å². The highest BCUT2D eigenvalue weighted by molar-refractivity contribution is 7.99. The van der Waals surface area contributed by atoms with Crippen LogP contribution in [0, 0.1) is 23.2 Å². The number of aliphatic imine (C=N–C) groups is 1. The third kappa shape index (κ3) is 7.59. The third-order valence-electron chi connectivity index (χ3n) is 9.32.